The quantitative estimate of drug-likeness (QED) is 0.846. The normalized spacial score (nSPS) is 14.5. The molecule has 0 radical (unpaired) electrons. The minimum absolute atomic E-state index is 0.402. The minimum atomic E-state index is -0.522. The third-order valence-electron chi connectivity index (χ3n) is 3.75. The number of amides is 1. The summed E-state index contributed by atoms with van der Waals surface area (Å²) in [6.07, 6.45) is 2.43. The number of anilines is 1. The van der Waals surface area contributed by atoms with Gasteiger partial charge in [-0.25, -0.2) is 4.79 Å². The first-order valence-electron chi connectivity index (χ1n) is 7.88. The summed E-state index contributed by atoms with van der Waals surface area (Å²) in [6, 6.07) is 0.402. The molecule has 126 valence electrons. The summed E-state index contributed by atoms with van der Waals surface area (Å²) in [5.41, 5.74) is 0.426. The summed E-state index contributed by atoms with van der Waals surface area (Å²) in [7, 11) is 1.80. The molecule has 1 heterocycles. The molecule has 6 nitrogen and oxygen atoms in total. The first-order chi connectivity index (χ1) is 10.1. The number of carbonyl (C=O) groups is 1. The fourth-order valence-corrected chi connectivity index (χ4v) is 2.00. The smallest absolute Gasteiger partial charge is 0.413 e. The van der Waals surface area contributed by atoms with Gasteiger partial charge >= 0.3 is 6.09 Å². The predicted molar refractivity (Wildman–Crippen MR) is 88.8 cm³/mol. The molecule has 0 spiro atoms. The molecule has 1 rings (SSSR count). The van der Waals surface area contributed by atoms with Gasteiger partial charge in [-0.3, -0.25) is 10.00 Å². The Morgan fingerprint density at radius 3 is 2.59 bits per heavy atom. The van der Waals surface area contributed by atoms with Crippen molar-refractivity contribution in [3.05, 3.63) is 11.8 Å². The number of ether oxygens (including phenoxy) is 1. The summed E-state index contributed by atoms with van der Waals surface area (Å²) in [5, 5.41) is 10.5. The van der Waals surface area contributed by atoms with E-state index in [1.807, 2.05) is 20.8 Å². The van der Waals surface area contributed by atoms with E-state index < -0.39 is 11.7 Å². The average Bonchev–Trinajstić information content (AvgIpc) is 2.74. The van der Waals surface area contributed by atoms with E-state index in [4.69, 9.17) is 4.74 Å². The summed E-state index contributed by atoms with van der Waals surface area (Å²) in [6.45, 7) is 12.8. The average molecular weight is 310 g/mol. The Hall–Kier alpha value is -1.56. The molecule has 2 unspecified atom stereocenters. The maximum atomic E-state index is 11.9. The van der Waals surface area contributed by atoms with Crippen LogP contribution in [0.4, 0.5) is 10.6 Å². The van der Waals surface area contributed by atoms with Gasteiger partial charge in [0.25, 0.3) is 0 Å². The van der Waals surface area contributed by atoms with Gasteiger partial charge in [-0.1, -0.05) is 20.3 Å². The third-order valence-corrected chi connectivity index (χ3v) is 3.75. The minimum Gasteiger partial charge on any atom is -0.444 e. The van der Waals surface area contributed by atoms with Crippen LogP contribution in [0.15, 0.2) is 6.20 Å². The Balaban J connectivity index is 2.69. The van der Waals surface area contributed by atoms with Crippen molar-refractivity contribution in [2.75, 3.05) is 5.32 Å². The Bertz CT molecular complexity index is 491. The van der Waals surface area contributed by atoms with Crippen molar-refractivity contribution < 1.29 is 9.53 Å². The van der Waals surface area contributed by atoms with E-state index in [0.717, 1.165) is 12.0 Å². The van der Waals surface area contributed by atoms with Gasteiger partial charge in [0.2, 0.25) is 0 Å². The summed E-state index contributed by atoms with van der Waals surface area (Å²) in [5.74, 6) is 1.26. The van der Waals surface area contributed by atoms with E-state index in [9.17, 15) is 4.79 Å². The number of nitrogens with zero attached hydrogens (tertiary/aromatic N) is 2. The number of hydrogen-bond donors (Lipinski definition) is 2. The largest absolute Gasteiger partial charge is 0.444 e. The van der Waals surface area contributed by atoms with Crippen LogP contribution in [-0.2, 0) is 18.3 Å². The van der Waals surface area contributed by atoms with Crippen molar-refractivity contribution in [2.45, 2.75) is 66.2 Å². The van der Waals surface area contributed by atoms with Crippen molar-refractivity contribution in [2.24, 2.45) is 13.0 Å². The van der Waals surface area contributed by atoms with Gasteiger partial charge in [0.1, 0.15) is 11.4 Å². The molecule has 0 aliphatic carbocycles. The van der Waals surface area contributed by atoms with Crippen LogP contribution in [0.2, 0.25) is 0 Å². The highest BCUT2D eigenvalue weighted by atomic mass is 16.6. The molecule has 6 heteroatoms. The van der Waals surface area contributed by atoms with Gasteiger partial charge in [-0.15, -0.1) is 0 Å². The lowest BCUT2D eigenvalue weighted by molar-refractivity contribution is 0.0634. The number of hydrogen-bond acceptors (Lipinski definition) is 4. The van der Waals surface area contributed by atoms with Gasteiger partial charge in [0, 0.05) is 25.2 Å². The van der Waals surface area contributed by atoms with Gasteiger partial charge in [-0.05, 0) is 33.6 Å². The molecule has 0 aliphatic heterocycles. The number of aromatic nitrogens is 2. The zero-order valence-electron chi connectivity index (χ0n) is 14.9. The third kappa shape index (κ3) is 5.67. The lowest BCUT2D eigenvalue weighted by Gasteiger charge is -2.21. The topological polar surface area (TPSA) is 68.2 Å². The van der Waals surface area contributed by atoms with E-state index in [0.29, 0.717) is 24.3 Å². The van der Waals surface area contributed by atoms with Crippen molar-refractivity contribution in [1.29, 1.82) is 0 Å². The second kappa shape index (κ2) is 7.63. The SMILES string of the molecule is CCC(C)C(C)NCc1cnn(C)c1NC(=O)OC(C)(C)C. The molecule has 1 amide bonds. The summed E-state index contributed by atoms with van der Waals surface area (Å²) in [4.78, 5) is 11.9. The molecule has 0 aromatic carbocycles. The highest BCUT2D eigenvalue weighted by Gasteiger charge is 2.19. The monoisotopic (exact) mass is 310 g/mol. The van der Waals surface area contributed by atoms with E-state index in [2.05, 4.69) is 36.5 Å². The van der Waals surface area contributed by atoms with Crippen LogP contribution >= 0.6 is 0 Å². The highest BCUT2D eigenvalue weighted by molar-refractivity contribution is 5.84. The molecule has 1 aromatic heterocycles. The second-order valence-corrected chi connectivity index (χ2v) is 6.82. The maximum Gasteiger partial charge on any atom is 0.413 e. The van der Waals surface area contributed by atoms with Gasteiger partial charge in [0.15, 0.2) is 0 Å². The summed E-state index contributed by atoms with van der Waals surface area (Å²) < 4.78 is 6.94. The molecule has 22 heavy (non-hydrogen) atoms. The van der Waals surface area contributed by atoms with Gasteiger partial charge in [0.05, 0.1) is 6.20 Å². The van der Waals surface area contributed by atoms with E-state index in [-0.39, 0.29) is 0 Å². The van der Waals surface area contributed by atoms with Crippen molar-refractivity contribution in [1.82, 2.24) is 15.1 Å². The molecule has 0 aliphatic rings. The zero-order valence-corrected chi connectivity index (χ0v) is 14.9. The lowest BCUT2D eigenvalue weighted by atomic mass is 10.0. The van der Waals surface area contributed by atoms with E-state index in [1.54, 1.807) is 17.9 Å². The number of nitrogens with one attached hydrogen (secondary N) is 2. The molecule has 0 bridgehead atoms. The van der Waals surface area contributed by atoms with Crippen LogP contribution < -0.4 is 10.6 Å². The van der Waals surface area contributed by atoms with Crippen molar-refractivity contribution in [3.63, 3.8) is 0 Å². The number of carbonyl (C=O) groups excluding carboxylic acids is 1. The Morgan fingerprint density at radius 2 is 2.05 bits per heavy atom. The molecule has 0 fully saturated rings. The van der Waals surface area contributed by atoms with Crippen LogP contribution in [0.1, 0.15) is 53.5 Å². The zero-order chi connectivity index (χ0) is 16.9. The Kier molecular flexibility index (Phi) is 6.41. The van der Waals surface area contributed by atoms with E-state index in [1.165, 1.54) is 0 Å². The fraction of sp³-hybridized carbons (Fsp3) is 0.750. The molecule has 0 saturated carbocycles. The van der Waals surface area contributed by atoms with E-state index >= 15 is 0 Å². The van der Waals surface area contributed by atoms with Crippen molar-refractivity contribution in [3.8, 4) is 0 Å². The number of aryl methyl sites for hydroxylation is 1. The molecular formula is C16H30N4O2. The fourth-order valence-electron chi connectivity index (χ4n) is 2.00. The molecule has 1 aromatic rings. The predicted octanol–water partition coefficient (Wildman–Crippen LogP) is 3.29. The first-order valence-corrected chi connectivity index (χ1v) is 7.88. The van der Waals surface area contributed by atoms with Crippen LogP contribution in [0.3, 0.4) is 0 Å². The lowest BCUT2D eigenvalue weighted by Crippen LogP contribution is -2.32. The van der Waals surface area contributed by atoms with Crippen LogP contribution in [0.5, 0.6) is 0 Å². The molecular weight excluding hydrogens is 280 g/mol. The Labute approximate surface area is 133 Å². The van der Waals surface area contributed by atoms with Crippen LogP contribution in [0, 0.1) is 5.92 Å². The maximum absolute atomic E-state index is 11.9. The Morgan fingerprint density at radius 1 is 1.41 bits per heavy atom. The second-order valence-electron chi connectivity index (χ2n) is 6.82. The van der Waals surface area contributed by atoms with Crippen molar-refractivity contribution >= 4 is 11.9 Å². The molecule has 0 saturated heterocycles. The van der Waals surface area contributed by atoms with Gasteiger partial charge in [-0.2, -0.15) is 5.10 Å². The first kappa shape index (κ1) is 18.5. The highest BCUT2D eigenvalue weighted by Crippen LogP contribution is 2.17. The van der Waals surface area contributed by atoms with Gasteiger partial charge < -0.3 is 10.1 Å². The van der Waals surface area contributed by atoms with Crippen LogP contribution in [0.25, 0.3) is 0 Å². The molecule has 2 N–H and O–H groups in total. The standard InChI is InChI=1S/C16H30N4O2/c1-8-11(2)12(3)17-9-13-10-18-20(7)14(13)19-15(21)22-16(4,5)6/h10-12,17H,8-9H2,1-7H3,(H,19,21). The van der Waals surface area contributed by atoms with Crippen LogP contribution in [-0.4, -0.2) is 27.5 Å². The number of rotatable bonds is 6. The summed E-state index contributed by atoms with van der Waals surface area (Å²) >= 11 is 0. The molecule has 2 atom stereocenters.